The van der Waals surface area contributed by atoms with Crippen LogP contribution < -0.4 is 0 Å². The van der Waals surface area contributed by atoms with Crippen LogP contribution in [0.5, 0.6) is 0 Å². The summed E-state index contributed by atoms with van der Waals surface area (Å²) in [6.07, 6.45) is 0.791. The summed E-state index contributed by atoms with van der Waals surface area (Å²) in [5.74, 6) is -0.0447. The van der Waals surface area contributed by atoms with Gasteiger partial charge in [0, 0.05) is 26.1 Å². The highest BCUT2D eigenvalue weighted by Crippen LogP contribution is 2.21. The molecule has 3 aromatic carbocycles. The maximum absolute atomic E-state index is 13.3. The van der Waals surface area contributed by atoms with Crippen molar-refractivity contribution in [3.05, 3.63) is 101 Å². The molecule has 0 saturated carbocycles. The lowest BCUT2D eigenvalue weighted by atomic mass is 10.0. The van der Waals surface area contributed by atoms with E-state index in [1.54, 1.807) is 24.3 Å². The molecule has 1 aliphatic heterocycles. The van der Waals surface area contributed by atoms with Gasteiger partial charge in [-0.2, -0.15) is 4.31 Å². The Labute approximate surface area is 214 Å². The molecule has 1 atom stereocenters. The first-order valence-corrected chi connectivity index (χ1v) is 13.8. The molecule has 1 heterocycles. The zero-order valence-electron chi connectivity index (χ0n) is 21.0. The Hall–Kier alpha value is -3.00. The number of ether oxygens (including phenoxy) is 1. The minimum atomic E-state index is -3.67. The normalized spacial score (nSPS) is 16.1. The van der Waals surface area contributed by atoms with Crippen LogP contribution in [0.2, 0.25) is 0 Å². The first-order chi connectivity index (χ1) is 17.3. The van der Waals surface area contributed by atoms with Gasteiger partial charge in [-0.25, -0.2) is 8.42 Å². The number of benzene rings is 3. The molecule has 1 saturated heterocycles. The summed E-state index contributed by atoms with van der Waals surface area (Å²) in [7, 11) is -3.67. The Kier molecular flexibility index (Phi) is 8.56. The molecule has 0 spiro atoms. The largest absolute Gasteiger partial charge is 0.375 e. The van der Waals surface area contributed by atoms with E-state index in [4.69, 9.17) is 4.74 Å². The SMILES string of the molecule is Cc1ccc(S(=O)(=O)N2CCC(=O)N([C@H](COCc3cccc(C)c3)Cc3ccccc3)CC2)cc1. The third-order valence-electron chi connectivity index (χ3n) is 6.56. The molecule has 6 nitrogen and oxygen atoms in total. The molecule has 0 radical (unpaired) electrons. The maximum Gasteiger partial charge on any atom is 0.243 e. The molecule has 0 aliphatic carbocycles. The van der Waals surface area contributed by atoms with Crippen molar-refractivity contribution >= 4 is 15.9 Å². The third-order valence-corrected chi connectivity index (χ3v) is 8.47. The van der Waals surface area contributed by atoms with E-state index >= 15 is 0 Å². The van der Waals surface area contributed by atoms with Gasteiger partial charge in [-0.3, -0.25) is 4.79 Å². The van der Waals surface area contributed by atoms with Gasteiger partial charge in [0.25, 0.3) is 0 Å². The van der Waals surface area contributed by atoms with Crippen LogP contribution in [-0.2, 0) is 32.6 Å². The van der Waals surface area contributed by atoms with E-state index in [-0.39, 0.29) is 36.4 Å². The van der Waals surface area contributed by atoms with E-state index in [9.17, 15) is 13.2 Å². The Balaban J connectivity index is 1.49. The van der Waals surface area contributed by atoms with E-state index in [2.05, 4.69) is 6.07 Å². The number of nitrogens with zero attached hydrogens (tertiary/aromatic N) is 2. The average molecular weight is 507 g/mol. The van der Waals surface area contributed by atoms with E-state index in [0.717, 1.165) is 16.7 Å². The number of hydrogen-bond acceptors (Lipinski definition) is 4. The van der Waals surface area contributed by atoms with Crippen LogP contribution in [0.3, 0.4) is 0 Å². The van der Waals surface area contributed by atoms with Gasteiger partial charge in [-0.05, 0) is 43.5 Å². The molecular weight excluding hydrogens is 472 g/mol. The van der Waals surface area contributed by atoms with Crippen molar-refractivity contribution in [3.8, 4) is 0 Å². The van der Waals surface area contributed by atoms with Gasteiger partial charge >= 0.3 is 0 Å². The topological polar surface area (TPSA) is 66.9 Å². The monoisotopic (exact) mass is 506 g/mol. The van der Waals surface area contributed by atoms with Gasteiger partial charge in [-0.1, -0.05) is 77.9 Å². The zero-order valence-corrected chi connectivity index (χ0v) is 21.8. The molecular formula is C29H34N2O4S. The molecule has 0 aromatic heterocycles. The second kappa shape index (κ2) is 11.8. The fourth-order valence-electron chi connectivity index (χ4n) is 4.57. The summed E-state index contributed by atoms with van der Waals surface area (Å²) in [6.45, 7) is 5.57. The lowest BCUT2D eigenvalue weighted by Crippen LogP contribution is -2.45. The van der Waals surface area contributed by atoms with Gasteiger partial charge in [0.2, 0.25) is 15.9 Å². The quantitative estimate of drug-likeness (QED) is 0.433. The van der Waals surface area contributed by atoms with Gasteiger partial charge in [0.1, 0.15) is 0 Å². The van der Waals surface area contributed by atoms with Crippen molar-refractivity contribution in [3.63, 3.8) is 0 Å². The summed E-state index contributed by atoms with van der Waals surface area (Å²) in [6, 6.07) is 24.9. The molecule has 7 heteroatoms. The highest BCUT2D eigenvalue weighted by molar-refractivity contribution is 7.89. The molecule has 3 aromatic rings. The molecule has 1 aliphatic rings. The van der Waals surface area contributed by atoms with Gasteiger partial charge in [-0.15, -0.1) is 0 Å². The van der Waals surface area contributed by atoms with E-state index < -0.39 is 10.0 Å². The Morgan fingerprint density at radius 1 is 0.833 bits per heavy atom. The standard InChI is InChI=1S/C29H34N2O4S/c1-23-11-13-28(14-12-23)36(33,34)30-16-15-29(32)31(18-17-30)27(20-25-8-4-3-5-9-25)22-35-21-26-10-6-7-24(2)19-26/h3-14,19,27H,15-18,20-22H2,1-2H3/t27-/m0/s1. The van der Waals surface area contributed by atoms with E-state index in [1.165, 1.54) is 9.87 Å². The van der Waals surface area contributed by atoms with Crippen LogP contribution in [0.25, 0.3) is 0 Å². The summed E-state index contributed by atoms with van der Waals surface area (Å²) < 4.78 is 34.0. The fraction of sp³-hybridized carbons (Fsp3) is 0.345. The number of hydrogen-bond donors (Lipinski definition) is 0. The number of aryl methyl sites for hydroxylation is 2. The van der Waals surface area contributed by atoms with Crippen molar-refractivity contribution in [1.29, 1.82) is 0 Å². The first kappa shape index (κ1) is 26.1. The van der Waals surface area contributed by atoms with E-state index in [1.807, 2.05) is 67.3 Å². The van der Waals surface area contributed by atoms with Crippen LogP contribution in [0.15, 0.2) is 83.8 Å². The zero-order chi connectivity index (χ0) is 25.5. The molecule has 0 bridgehead atoms. The fourth-order valence-corrected chi connectivity index (χ4v) is 6.00. The molecule has 0 unspecified atom stereocenters. The van der Waals surface area contributed by atoms with E-state index in [0.29, 0.717) is 26.2 Å². The van der Waals surface area contributed by atoms with Gasteiger partial charge < -0.3 is 9.64 Å². The lowest BCUT2D eigenvalue weighted by Gasteiger charge is -2.31. The van der Waals surface area contributed by atoms with Crippen LogP contribution in [-0.4, -0.2) is 55.8 Å². The number of sulfonamides is 1. The summed E-state index contributed by atoms with van der Waals surface area (Å²) >= 11 is 0. The molecule has 4 rings (SSSR count). The molecule has 1 fully saturated rings. The van der Waals surface area contributed by atoms with Crippen molar-refractivity contribution in [2.24, 2.45) is 0 Å². The van der Waals surface area contributed by atoms with Crippen molar-refractivity contribution in [1.82, 2.24) is 9.21 Å². The lowest BCUT2D eigenvalue weighted by molar-refractivity contribution is -0.134. The number of rotatable bonds is 9. The second-order valence-corrected chi connectivity index (χ2v) is 11.3. The highest BCUT2D eigenvalue weighted by atomic mass is 32.2. The van der Waals surface area contributed by atoms with Crippen molar-refractivity contribution in [2.75, 3.05) is 26.2 Å². The van der Waals surface area contributed by atoms with Gasteiger partial charge in [0.05, 0.1) is 24.2 Å². The average Bonchev–Trinajstić information content (AvgIpc) is 3.06. The third kappa shape index (κ3) is 6.60. The van der Waals surface area contributed by atoms with Crippen LogP contribution >= 0.6 is 0 Å². The molecule has 0 N–H and O–H groups in total. The Morgan fingerprint density at radius 2 is 1.56 bits per heavy atom. The Morgan fingerprint density at radius 3 is 2.28 bits per heavy atom. The highest BCUT2D eigenvalue weighted by Gasteiger charge is 2.32. The van der Waals surface area contributed by atoms with Crippen LogP contribution in [0.4, 0.5) is 0 Å². The van der Waals surface area contributed by atoms with Crippen LogP contribution in [0, 0.1) is 13.8 Å². The molecule has 190 valence electrons. The Bertz CT molecular complexity index is 1260. The number of carbonyl (C=O) groups excluding carboxylic acids is 1. The first-order valence-electron chi connectivity index (χ1n) is 12.4. The molecule has 36 heavy (non-hydrogen) atoms. The second-order valence-electron chi connectivity index (χ2n) is 9.40. The molecule has 1 amide bonds. The smallest absolute Gasteiger partial charge is 0.243 e. The van der Waals surface area contributed by atoms with Crippen LogP contribution in [0.1, 0.15) is 28.7 Å². The predicted octanol–water partition coefficient (Wildman–Crippen LogP) is 4.35. The maximum atomic E-state index is 13.3. The minimum Gasteiger partial charge on any atom is -0.375 e. The van der Waals surface area contributed by atoms with Crippen molar-refractivity contribution in [2.45, 2.75) is 44.2 Å². The predicted molar refractivity (Wildman–Crippen MR) is 141 cm³/mol. The van der Waals surface area contributed by atoms with Gasteiger partial charge in [0.15, 0.2) is 0 Å². The number of amides is 1. The minimum absolute atomic E-state index is 0.0447. The summed E-state index contributed by atoms with van der Waals surface area (Å²) in [4.78, 5) is 15.3. The van der Waals surface area contributed by atoms with Crippen molar-refractivity contribution < 1.29 is 17.9 Å². The number of carbonyl (C=O) groups is 1. The summed E-state index contributed by atoms with van der Waals surface area (Å²) in [5, 5.41) is 0. The summed E-state index contributed by atoms with van der Waals surface area (Å²) in [5.41, 5.74) is 4.38.